The molecule has 1 aliphatic carbocycles. The predicted molar refractivity (Wildman–Crippen MR) is 141 cm³/mol. The van der Waals surface area contributed by atoms with Crippen LogP contribution in [0.3, 0.4) is 0 Å². The maximum absolute atomic E-state index is 13.3. The molecule has 2 fully saturated rings. The number of rotatable bonds is 8. The summed E-state index contributed by atoms with van der Waals surface area (Å²) in [4.78, 5) is 18.8. The van der Waals surface area contributed by atoms with Crippen molar-refractivity contribution >= 4 is 10.9 Å². The predicted octanol–water partition coefficient (Wildman–Crippen LogP) is 5.01. The van der Waals surface area contributed by atoms with Crippen molar-refractivity contribution < 1.29 is 4.74 Å². The number of fused-ring (bicyclic) bond motifs is 1. The van der Waals surface area contributed by atoms with Gasteiger partial charge in [0.1, 0.15) is 0 Å². The van der Waals surface area contributed by atoms with Crippen LogP contribution in [0.2, 0.25) is 0 Å². The van der Waals surface area contributed by atoms with Gasteiger partial charge in [0.25, 0.3) is 5.56 Å². The van der Waals surface area contributed by atoms with Crippen LogP contribution in [0.25, 0.3) is 10.9 Å². The average molecular weight is 493 g/mol. The molecule has 194 valence electrons. The summed E-state index contributed by atoms with van der Waals surface area (Å²) in [7, 11) is 0. The number of aromatic nitrogens is 5. The number of H-pyrrole nitrogens is 1. The van der Waals surface area contributed by atoms with E-state index >= 15 is 0 Å². The van der Waals surface area contributed by atoms with E-state index in [2.05, 4.69) is 69.9 Å². The summed E-state index contributed by atoms with van der Waals surface area (Å²) < 4.78 is 8.15. The average Bonchev–Trinajstić information content (AvgIpc) is 3.53. The first-order valence-corrected chi connectivity index (χ1v) is 13.7. The zero-order valence-corrected chi connectivity index (χ0v) is 22.2. The second kappa shape index (κ2) is 10.8. The zero-order chi connectivity index (χ0) is 25.2. The fourth-order valence-electron chi connectivity index (χ4n) is 6.24. The van der Waals surface area contributed by atoms with Crippen LogP contribution >= 0.6 is 0 Å². The highest BCUT2D eigenvalue weighted by Crippen LogP contribution is 2.34. The Kier molecular flexibility index (Phi) is 7.53. The lowest BCUT2D eigenvalue weighted by Gasteiger charge is -2.36. The minimum atomic E-state index is -0.0285. The Morgan fingerprint density at radius 2 is 1.92 bits per heavy atom. The van der Waals surface area contributed by atoms with Crippen molar-refractivity contribution in [3.8, 4) is 0 Å². The van der Waals surface area contributed by atoms with Gasteiger partial charge in [0.15, 0.2) is 5.82 Å². The van der Waals surface area contributed by atoms with Gasteiger partial charge >= 0.3 is 0 Å². The minimum absolute atomic E-state index is 0.0136. The van der Waals surface area contributed by atoms with Gasteiger partial charge in [0.05, 0.1) is 18.2 Å². The van der Waals surface area contributed by atoms with E-state index in [1.165, 1.54) is 24.8 Å². The van der Waals surface area contributed by atoms with E-state index in [9.17, 15) is 4.79 Å². The van der Waals surface area contributed by atoms with Crippen LogP contribution in [0.4, 0.5) is 0 Å². The number of nitrogens with one attached hydrogen (secondary N) is 1. The molecule has 1 N–H and O–H groups in total. The number of nitrogens with zero attached hydrogens (tertiary/aromatic N) is 5. The first kappa shape index (κ1) is 25.1. The summed E-state index contributed by atoms with van der Waals surface area (Å²) in [6, 6.07) is 6.63. The molecule has 1 saturated heterocycles. The maximum Gasteiger partial charge on any atom is 0.252 e. The maximum atomic E-state index is 13.3. The largest absolute Gasteiger partial charge is 0.377 e. The number of pyridine rings is 1. The molecule has 2 aliphatic rings. The molecular formula is C28H40N6O2. The van der Waals surface area contributed by atoms with Crippen molar-refractivity contribution in [1.29, 1.82) is 0 Å². The molecule has 5 rings (SSSR count). The van der Waals surface area contributed by atoms with E-state index in [0.29, 0.717) is 12.6 Å². The Balaban J connectivity index is 1.53. The Morgan fingerprint density at radius 1 is 1.11 bits per heavy atom. The quantitative estimate of drug-likeness (QED) is 0.475. The molecule has 36 heavy (non-hydrogen) atoms. The Bertz CT molecular complexity index is 1240. The van der Waals surface area contributed by atoms with Crippen LogP contribution < -0.4 is 5.56 Å². The molecule has 2 aromatic heterocycles. The lowest BCUT2D eigenvalue weighted by Crippen LogP contribution is -2.40. The van der Waals surface area contributed by atoms with Crippen molar-refractivity contribution in [2.45, 2.75) is 97.4 Å². The Hall–Kier alpha value is -2.58. The Labute approximate surface area is 213 Å². The SMILES string of the molecule is Cc1cc(C)c2cc(CN(C[C@H]3CCCO3)[C@H](c3nnnn3C3CCCCC3)C(C)C)c(=O)[nH]c2c1. The first-order chi connectivity index (χ1) is 17.4. The number of ether oxygens (including phenoxy) is 1. The van der Waals surface area contributed by atoms with Gasteiger partial charge < -0.3 is 9.72 Å². The molecule has 0 radical (unpaired) electrons. The number of benzene rings is 1. The van der Waals surface area contributed by atoms with Gasteiger partial charge in [0.2, 0.25) is 0 Å². The molecule has 0 unspecified atom stereocenters. The smallest absolute Gasteiger partial charge is 0.252 e. The number of aromatic amines is 1. The highest BCUT2D eigenvalue weighted by Gasteiger charge is 2.34. The lowest BCUT2D eigenvalue weighted by molar-refractivity contribution is 0.0375. The van der Waals surface area contributed by atoms with Crippen LogP contribution in [-0.2, 0) is 11.3 Å². The number of hydrogen-bond donors (Lipinski definition) is 1. The summed E-state index contributed by atoms with van der Waals surface area (Å²) in [6.45, 7) is 10.7. The molecule has 1 saturated carbocycles. The number of tetrazole rings is 1. The summed E-state index contributed by atoms with van der Waals surface area (Å²) >= 11 is 0. The normalized spacial score (nSPS) is 20.1. The molecule has 3 aromatic rings. The van der Waals surface area contributed by atoms with E-state index in [1.54, 1.807) is 0 Å². The van der Waals surface area contributed by atoms with Gasteiger partial charge in [0, 0.05) is 36.2 Å². The number of aryl methyl sites for hydroxylation is 2. The molecule has 1 aliphatic heterocycles. The van der Waals surface area contributed by atoms with Crippen molar-refractivity contribution in [3.05, 3.63) is 51.1 Å². The van der Waals surface area contributed by atoms with Gasteiger partial charge in [-0.2, -0.15) is 0 Å². The van der Waals surface area contributed by atoms with E-state index in [1.807, 2.05) is 6.07 Å². The molecule has 2 atom stereocenters. The standard InChI is InChI=1S/C28H40N6O2/c1-18(2)26(27-30-31-32-34(27)22-9-6-5-7-10-22)33(17-23-11-8-12-36-23)16-21-15-24-20(4)13-19(3)14-25(24)29-28(21)35/h13-15,18,22-23,26H,5-12,16-17H2,1-4H3,(H,29,35)/t23-,26+/m1/s1. The van der Waals surface area contributed by atoms with Gasteiger partial charge in [-0.1, -0.05) is 39.2 Å². The molecular weight excluding hydrogens is 452 g/mol. The summed E-state index contributed by atoms with van der Waals surface area (Å²) in [5.74, 6) is 1.18. The third-order valence-electron chi connectivity index (χ3n) is 7.95. The van der Waals surface area contributed by atoms with Crippen molar-refractivity contribution in [1.82, 2.24) is 30.1 Å². The summed E-state index contributed by atoms with van der Waals surface area (Å²) in [5, 5.41) is 14.3. The van der Waals surface area contributed by atoms with Crippen molar-refractivity contribution in [3.63, 3.8) is 0 Å². The molecule has 0 spiro atoms. The van der Waals surface area contributed by atoms with E-state index in [-0.39, 0.29) is 23.6 Å². The highest BCUT2D eigenvalue weighted by molar-refractivity contribution is 5.83. The molecule has 8 nitrogen and oxygen atoms in total. The van der Waals surface area contributed by atoms with Crippen LogP contribution in [0.15, 0.2) is 23.0 Å². The van der Waals surface area contributed by atoms with Gasteiger partial charge in [-0.3, -0.25) is 9.69 Å². The Morgan fingerprint density at radius 3 is 2.64 bits per heavy atom. The second-order valence-corrected chi connectivity index (χ2v) is 11.2. The third kappa shape index (κ3) is 5.25. The van der Waals surface area contributed by atoms with Crippen molar-refractivity contribution in [2.75, 3.05) is 13.2 Å². The second-order valence-electron chi connectivity index (χ2n) is 11.2. The monoisotopic (exact) mass is 492 g/mol. The molecule has 0 amide bonds. The third-order valence-corrected chi connectivity index (χ3v) is 7.95. The molecule has 0 bridgehead atoms. The molecule has 8 heteroatoms. The van der Waals surface area contributed by atoms with Crippen molar-refractivity contribution in [2.24, 2.45) is 5.92 Å². The topological polar surface area (TPSA) is 88.9 Å². The molecule has 3 heterocycles. The van der Waals surface area contributed by atoms with Gasteiger partial charge in [-0.25, -0.2) is 4.68 Å². The van der Waals surface area contributed by atoms with Crippen LogP contribution in [0, 0.1) is 19.8 Å². The van der Waals surface area contributed by atoms with Crippen LogP contribution in [-0.4, -0.2) is 49.3 Å². The highest BCUT2D eigenvalue weighted by atomic mass is 16.5. The lowest BCUT2D eigenvalue weighted by atomic mass is 9.94. The van der Waals surface area contributed by atoms with Gasteiger partial charge in [-0.05, 0) is 79.1 Å². The van der Waals surface area contributed by atoms with Crippen LogP contribution in [0.5, 0.6) is 0 Å². The van der Waals surface area contributed by atoms with E-state index < -0.39 is 0 Å². The fourth-order valence-corrected chi connectivity index (χ4v) is 6.24. The van der Waals surface area contributed by atoms with E-state index in [4.69, 9.17) is 4.74 Å². The number of hydrogen-bond acceptors (Lipinski definition) is 6. The van der Waals surface area contributed by atoms with Gasteiger partial charge in [-0.15, -0.1) is 5.10 Å². The van der Waals surface area contributed by atoms with Crippen LogP contribution in [0.1, 0.15) is 93.4 Å². The minimum Gasteiger partial charge on any atom is -0.377 e. The van der Waals surface area contributed by atoms with E-state index in [0.717, 1.165) is 66.7 Å². The zero-order valence-electron chi connectivity index (χ0n) is 22.2. The summed E-state index contributed by atoms with van der Waals surface area (Å²) in [6.07, 6.45) is 8.27. The fraction of sp³-hybridized carbons (Fsp3) is 0.643. The molecule has 1 aromatic carbocycles. The first-order valence-electron chi connectivity index (χ1n) is 13.7. The summed E-state index contributed by atoms with van der Waals surface area (Å²) in [5.41, 5.74) is 3.97.